The summed E-state index contributed by atoms with van der Waals surface area (Å²) >= 11 is 0. The third kappa shape index (κ3) is 2.25. The second kappa shape index (κ2) is 4.76. The number of hydrogen-bond acceptors (Lipinski definition) is 0. The van der Waals surface area contributed by atoms with Gasteiger partial charge in [-0.25, -0.2) is 0 Å². The van der Waals surface area contributed by atoms with Crippen LogP contribution in [0.4, 0.5) is 11.4 Å². The van der Waals surface area contributed by atoms with Crippen LogP contribution in [0.15, 0.2) is 60.7 Å². The van der Waals surface area contributed by atoms with Crippen molar-refractivity contribution in [3.8, 4) is 0 Å². The zero-order chi connectivity index (χ0) is 10.5. The summed E-state index contributed by atoms with van der Waals surface area (Å²) in [4.78, 5) is 1.41. The SMILES string of the molecule is CC[NH+](c1ccccc1)c1ccccc1. The minimum absolute atomic E-state index is 1.06. The van der Waals surface area contributed by atoms with Crippen LogP contribution in [-0.2, 0) is 0 Å². The van der Waals surface area contributed by atoms with Gasteiger partial charge in [-0.05, 0) is 31.2 Å². The van der Waals surface area contributed by atoms with Gasteiger partial charge in [0.15, 0.2) is 0 Å². The Balaban J connectivity index is 2.34. The Labute approximate surface area is 91.0 Å². The first kappa shape index (κ1) is 9.94. The van der Waals surface area contributed by atoms with Gasteiger partial charge in [-0.2, -0.15) is 0 Å². The Kier molecular flexibility index (Phi) is 3.15. The standard InChI is InChI=1S/C14H15N/c1-2-15(13-9-5-3-6-10-13)14-11-7-4-8-12-14/h3-12H,2H2,1H3/p+1. The van der Waals surface area contributed by atoms with Crippen molar-refractivity contribution >= 4 is 11.4 Å². The molecule has 0 amide bonds. The van der Waals surface area contributed by atoms with Crippen molar-refractivity contribution in [3.05, 3.63) is 60.7 Å². The highest BCUT2D eigenvalue weighted by atomic mass is 15.1. The number of rotatable bonds is 3. The van der Waals surface area contributed by atoms with Gasteiger partial charge >= 0.3 is 0 Å². The first-order valence-corrected chi connectivity index (χ1v) is 5.38. The summed E-state index contributed by atoms with van der Waals surface area (Å²) in [6.45, 7) is 3.27. The third-order valence-electron chi connectivity index (χ3n) is 2.60. The van der Waals surface area contributed by atoms with Gasteiger partial charge in [-0.15, -0.1) is 0 Å². The molecule has 0 aliphatic carbocycles. The van der Waals surface area contributed by atoms with Crippen molar-refractivity contribution in [1.82, 2.24) is 0 Å². The van der Waals surface area contributed by atoms with Gasteiger partial charge in [0.25, 0.3) is 0 Å². The van der Waals surface area contributed by atoms with E-state index in [4.69, 9.17) is 0 Å². The highest BCUT2D eigenvalue weighted by molar-refractivity contribution is 5.37. The molecule has 2 aromatic rings. The maximum atomic E-state index is 2.20. The molecular formula is C14H16N+. The van der Waals surface area contributed by atoms with E-state index in [1.807, 2.05) is 0 Å². The molecule has 0 radical (unpaired) electrons. The van der Waals surface area contributed by atoms with Crippen molar-refractivity contribution in [2.75, 3.05) is 6.54 Å². The lowest BCUT2D eigenvalue weighted by molar-refractivity contribution is -0.757. The monoisotopic (exact) mass is 198 g/mol. The predicted octanol–water partition coefficient (Wildman–Crippen LogP) is 2.55. The lowest BCUT2D eigenvalue weighted by Crippen LogP contribution is -3.01. The Hall–Kier alpha value is -1.60. The number of hydrogen-bond donors (Lipinski definition) is 1. The van der Waals surface area contributed by atoms with E-state index in [1.165, 1.54) is 16.3 Å². The van der Waals surface area contributed by atoms with Crippen molar-refractivity contribution in [2.45, 2.75) is 6.92 Å². The zero-order valence-electron chi connectivity index (χ0n) is 8.98. The van der Waals surface area contributed by atoms with Gasteiger partial charge in [-0.3, -0.25) is 4.90 Å². The normalized spacial score (nSPS) is 10.5. The molecule has 0 aliphatic heterocycles. The molecule has 0 spiro atoms. The fourth-order valence-corrected chi connectivity index (χ4v) is 1.85. The maximum absolute atomic E-state index is 2.20. The van der Waals surface area contributed by atoms with Crippen LogP contribution in [0, 0.1) is 0 Å². The molecule has 1 N–H and O–H groups in total. The molecule has 2 rings (SSSR count). The molecule has 0 aliphatic rings. The van der Waals surface area contributed by atoms with Crippen molar-refractivity contribution in [3.63, 3.8) is 0 Å². The molecule has 15 heavy (non-hydrogen) atoms. The largest absolute Gasteiger partial charge is 0.270 e. The van der Waals surface area contributed by atoms with Gasteiger partial charge in [0.2, 0.25) is 0 Å². The van der Waals surface area contributed by atoms with E-state index in [9.17, 15) is 0 Å². The van der Waals surface area contributed by atoms with E-state index in [1.54, 1.807) is 0 Å². The second-order valence-electron chi connectivity index (χ2n) is 3.56. The second-order valence-corrected chi connectivity index (χ2v) is 3.56. The van der Waals surface area contributed by atoms with Crippen molar-refractivity contribution < 1.29 is 4.90 Å². The molecule has 0 unspecified atom stereocenters. The molecule has 0 saturated heterocycles. The van der Waals surface area contributed by atoms with Gasteiger partial charge in [-0.1, -0.05) is 36.4 Å². The minimum atomic E-state index is 1.06. The van der Waals surface area contributed by atoms with Gasteiger partial charge < -0.3 is 0 Å². The minimum Gasteiger partial charge on any atom is -0.270 e. The Morgan fingerprint density at radius 3 is 1.47 bits per heavy atom. The van der Waals surface area contributed by atoms with Gasteiger partial charge in [0.05, 0.1) is 6.54 Å². The number of para-hydroxylation sites is 2. The summed E-state index contributed by atoms with van der Waals surface area (Å²) in [7, 11) is 0. The lowest BCUT2D eigenvalue weighted by atomic mass is 10.2. The van der Waals surface area contributed by atoms with Crippen molar-refractivity contribution in [1.29, 1.82) is 0 Å². The molecular weight excluding hydrogens is 182 g/mol. The van der Waals surface area contributed by atoms with Crippen molar-refractivity contribution in [2.24, 2.45) is 0 Å². The van der Waals surface area contributed by atoms with Crippen LogP contribution in [0.2, 0.25) is 0 Å². The van der Waals surface area contributed by atoms with E-state index >= 15 is 0 Å². The van der Waals surface area contributed by atoms with Crippen LogP contribution in [0.25, 0.3) is 0 Å². The summed E-state index contributed by atoms with van der Waals surface area (Å²) in [6.07, 6.45) is 0. The van der Waals surface area contributed by atoms with Crippen LogP contribution < -0.4 is 4.90 Å². The highest BCUT2D eigenvalue weighted by Crippen LogP contribution is 2.06. The quantitative estimate of drug-likeness (QED) is 0.773. The first-order valence-electron chi connectivity index (χ1n) is 5.38. The molecule has 0 heterocycles. The third-order valence-corrected chi connectivity index (χ3v) is 2.60. The highest BCUT2D eigenvalue weighted by Gasteiger charge is 2.11. The van der Waals surface area contributed by atoms with Crippen LogP contribution in [0.3, 0.4) is 0 Å². The topological polar surface area (TPSA) is 4.44 Å². The smallest absolute Gasteiger partial charge is 0.136 e. The number of quaternary nitrogens is 1. The summed E-state index contributed by atoms with van der Waals surface area (Å²) < 4.78 is 0. The number of nitrogens with one attached hydrogen (secondary N) is 1. The molecule has 0 atom stereocenters. The zero-order valence-corrected chi connectivity index (χ0v) is 8.98. The molecule has 0 bridgehead atoms. The Morgan fingerprint density at radius 2 is 1.13 bits per heavy atom. The molecule has 0 saturated carbocycles. The van der Waals surface area contributed by atoms with Crippen LogP contribution in [0.5, 0.6) is 0 Å². The van der Waals surface area contributed by atoms with E-state index in [0.29, 0.717) is 0 Å². The number of benzene rings is 2. The average Bonchev–Trinajstić information content (AvgIpc) is 2.33. The van der Waals surface area contributed by atoms with E-state index < -0.39 is 0 Å². The maximum Gasteiger partial charge on any atom is 0.136 e. The Morgan fingerprint density at radius 1 is 0.733 bits per heavy atom. The van der Waals surface area contributed by atoms with Gasteiger partial charge in [0.1, 0.15) is 11.4 Å². The van der Waals surface area contributed by atoms with E-state index in [0.717, 1.165) is 6.54 Å². The summed E-state index contributed by atoms with van der Waals surface area (Å²) in [5.41, 5.74) is 2.65. The first-order chi connectivity index (χ1) is 7.42. The predicted molar refractivity (Wildman–Crippen MR) is 63.7 cm³/mol. The Bertz CT molecular complexity index is 355. The van der Waals surface area contributed by atoms with E-state index in [-0.39, 0.29) is 0 Å². The lowest BCUT2D eigenvalue weighted by Gasteiger charge is -2.16. The van der Waals surface area contributed by atoms with E-state index in [2.05, 4.69) is 67.6 Å². The molecule has 0 aromatic heterocycles. The molecule has 1 nitrogen and oxygen atoms in total. The van der Waals surface area contributed by atoms with Crippen LogP contribution >= 0.6 is 0 Å². The molecule has 76 valence electrons. The summed E-state index contributed by atoms with van der Waals surface area (Å²) in [6, 6.07) is 21.2. The summed E-state index contributed by atoms with van der Waals surface area (Å²) in [5, 5.41) is 0. The van der Waals surface area contributed by atoms with Crippen LogP contribution in [-0.4, -0.2) is 6.54 Å². The fourth-order valence-electron chi connectivity index (χ4n) is 1.85. The van der Waals surface area contributed by atoms with Crippen LogP contribution in [0.1, 0.15) is 6.92 Å². The molecule has 2 aromatic carbocycles. The molecule has 1 heteroatoms. The fraction of sp³-hybridized carbons (Fsp3) is 0.143. The molecule has 0 fully saturated rings. The van der Waals surface area contributed by atoms with Gasteiger partial charge in [0, 0.05) is 0 Å². The average molecular weight is 198 g/mol. The summed E-state index contributed by atoms with van der Waals surface area (Å²) in [5.74, 6) is 0.